The molecule has 1 aliphatic rings. The van der Waals surface area contributed by atoms with Crippen LogP contribution in [-0.4, -0.2) is 47.3 Å². The highest BCUT2D eigenvalue weighted by Crippen LogP contribution is 2.28. The molecule has 1 aromatic carbocycles. The van der Waals surface area contributed by atoms with E-state index < -0.39 is 6.09 Å². The van der Waals surface area contributed by atoms with Crippen LogP contribution in [0, 0.1) is 0 Å². The maximum atomic E-state index is 11.1. The molecule has 0 unspecified atom stereocenters. The smallest absolute Gasteiger partial charge is 0.407 e. The second-order valence-corrected chi connectivity index (χ2v) is 5.91. The fraction of sp³-hybridized carbons (Fsp3) is 0.333. The fourth-order valence-corrected chi connectivity index (χ4v) is 3.12. The zero-order chi connectivity index (χ0) is 14.8. The van der Waals surface area contributed by atoms with Crippen molar-refractivity contribution in [3.8, 4) is 0 Å². The van der Waals surface area contributed by atoms with Crippen molar-refractivity contribution >= 4 is 38.6 Å². The number of aromatic nitrogens is 1. The van der Waals surface area contributed by atoms with E-state index in [-0.39, 0.29) is 0 Å². The molecule has 0 bridgehead atoms. The number of amides is 1. The van der Waals surface area contributed by atoms with Crippen molar-refractivity contribution in [3.63, 3.8) is 0 Å². The predicted molar refractivity (Wildman–Crippen MR) is 85.9 cm³/mol. The molecule has 0 aliphatic carbocycles. The first-order chi connectivity index (χ1) is 10.1. The Morgan fingerprint density at radius 2 is 2.00 bits per heavy atom. The molecule has 0 spiro atoms. The summed E-state index contributed by atoms with van der Waals surface area (Å²) in [5.74, 6) is 0.923. The van der Waals surface area contributed by atoms with Crippen molar-refractivity contribution in [2.45, 2.75) is 6.42 Å². The summed E-state index contributed by atoms with van der Waals surface area (Å²) in [5.41, 5.74) is 0. The molecule has 2 heterocycles. The third-order valence-electron chi connectivity index (χ3n) is 3.75. The van der Waals surface area contributed by atoms with Crippen LogP contribution in [0.3, 0.4) is 0 Å². The van der Waals surface area contributed by atoms with E-state index in [4.69, 9.17) is 5.11 Å². The lowest BCUT2D eigenvalue weighted by molar-refractivity contribution is 0.148. The van der Waals surface area contributed by atoms with Crippen molar-refractivity contribution in [1.82, 2.24) is 9.88 Å². The van der Waals surface area contributed by atoms with Crippen LogP contribution in [-0.2, 0) is 0 Å². The Bertz CT molecular complexity index is 677. The Morgan fingerprint density at radius 1 is 1.19 bits per heavy atom. The largest absolute Gasteiger partial charge is 0.465 e. The Hall–Kier alpha value is -1.82. The summed E-state index contributed by atoms with van der Waals surface area (Å²) in [5, 5.41) is 11.4. The lowest BCUT2D eigenvalue weighted by Gasteiger charge is -2.23. The van der Waals surface area contributed by atoms with Crippen molar-refractivity contribution in [2.24, 2.45) is 0 Å². The number of hydrogen-bond acceptors (Lipinski definition) is 3. The number of rotatable bonds is 1. The Morgan fingerprint density at radius 3 is 2.81 bits per heavy atom. The summed E-state index contributed by atoms with van der Waals surface area (Å²) in [6, 6.07) is 10.1. The minimum Gasteiger partial charge on any atom is -0.465 e. The maximum absolute atomic E-state index is 11.1. The van der Waals surface area contributed by atoms with Gasteiger partial charge in [0.2, 0.25) is 0 Å². The molecule has 21 heavy (non-hydrogen) atoms. The van der Waals surface area contributed by atoms with E-state index in [0.29, 0.717) is 19.6 Å². The Kier molecular flexibility index (Phi) is 3.96. The van der Waals surface area contributed by atoms with Crippen LogP contribution in [0.25, 0.3) is 10.8 Å². The lowest BCUT2D eigenvalue weighted by Crippen LogP contribution is -2.34. The number of benzene rings is 1. The molecule has 3 rings (SSSR count). The molecule has 0 saturated carbocycles. The molecular weight excluding hydrogens is 334 g/mol. The van der Waals surface area contributed by atoms with Gasteiger partial charge in [-0.2, -0.15) is 0 Å². The van der Waals surface area contributed by atoms with Crippen molar-refractivity contribution in [2.75, 3.05) is 31.1 Å². The third kappa shape index (κ3) is 2.95. The van der Waals surface area contributed by atoms with E-state index in [2.05, 4.69) is 37.9 Å². The molecule has 0 radical (unpaired) electrons. The number of carboxylic acid groups (broad SMARTS) is 1. The number of fused-ring (bicyclic) bond motifs is 1. The van der Waals surface area contributed by atoms with E-state index in [0.717, 1.165) is 34.2 Å². The first-order valence-corrected chi connectivity index (χ1v) is 7.72. The zero-order valence-electron chi connectivity index (χ0n) is 11.5. The van der Waals surface area contributed by atoms with Gasteiger partial charge in [0.25, 0.3) is 0 Å². The molecule has 5 nitrogen and oxygen atoms in total. The first kappa shape index (κ1) is 14.1. The second-order valence-electron chi connectivity index (χ2n) is 5.10. The van der Waals surface area contributed by atoms with E-state index in [1.165, 1.54) is 4.90 Å². The number of hydrogen-bond donors (Lipinski definition) is 1. The number of pyridine rings is 1. The van der Waals surface area contributed by atoms with Crippen LogP contribution in [0.1, 0.15) is 6.42 Å². The summed E-state index contributed by atoms with van der Waals surface area (Å²) in [6.45, 7) is 2.58. The van der Waals surface area contributed by atoms with Crippen LogP contribution in [0.15, 0.2) is 34.9 Å². The van der Waals surface area contributed by atoms with Gasteiger partial charge in [-0.1, -0.05) is 24.3 Å². The van der Waals surface area contributed by atoms with Crippen molar-refractivity contribution in [1.29, 1.82) is 0 Å². The molecule has 1 amide bonds. The topological polar surface area (TPSA) is 56.7 Å². The Labute approximate surface area is 131 Å². The number of halogens is 1. The van der Waals surface area contributed by atoms with Crippen LogP contribution >= 0.6 is 15.9 Å². The van der Waals surface area contributed by atoms with Gasteiger partial charge in [0.1, 0.15) is 10.4 Å². The molecule has 110 valence electrons. The predicted octanol–water partition coefficient (Wildman–Crippen LogP) is 3.19. The summed E-state index contributed by atoms with van der Waals surface area (Å²) >= 11 is 3.46. The molecule has 2 aromatic rings. The third-order valence-corrected chi connectivity index (χ3v) is 4.16. The van der Waals surface area contributed by atoms with E-state index in [1.54, 1.807) is 0 Å². The minimum absolute atomic E-state index is 0.512. The molecule has 6 heteroatoms. The lowest BCUT2D eigenvalue weighted by atomic mass is 10.1. The highest BCUT2D eigenvalue weighted by atomic mass is 79.9. The summed E-state index contributed by atoms with van der Waals surface area (Å²) < 4.78 is 0.801. The number of anilines is 1. The van der Waals surface area contributed by atoms with E-state index in [1.807, 2.05) is 18.2 Å². The second kappa shape index (κ2) is 5.89. The minimum atomic E-state index is -0.844. The number of nitrogens with zero attached hydrogens (tertiary/aromatic N) is 3. The van der Waals surface area contributed by atoms with Gasteiger partial charge in [-0.3, -0.25) is 0 Å². The first-order valence-electron chi connectivity index (χ1n) is 6.93. The van der Waals surface area contributed by atoms with Crippen molar-refractivity contribution in [3.05, 3.63) is 34.9 Å². The highest BCUT2D eigenvalue weighted by Gasteiger charge is 2.20. The summed E-state index contributed by atoms with van der Waals surface area (Å²) in [6.07, 6.45) is -0.0293. The SMILES string of the molecule is O=C(O)N1CCCN(c2nc(Br)cc3ccccc23)CC1. The molecular formula is C15H16BrN3O2. The number of carbonyl (C=O) groups is 1. The molecule has 1 fully saturated rings. The maximum Gasteiger partial charge on any atom is 0.407 e. The normalized spacial score (nSPS) is 16.0. The van der Waals surface area contributed by atoms with Gasteiger partial charge in [-0.05, 0) is 33.8 Å². The monoisotopic (exact) mass is 349 g/mol. The van der Waals surface area contributed by atoms with Gasteiger partial charge < -0.3 is 14.9 Å². The van der Waals surface area contributed by atoms with Gasteiger partial charge in [-0.25, -0.2) is 9.78 Å². The Balaban J connectivity index is 1.95. The van der Waals surface area contributed by atoms with Gasteiger partial charge in [0, 0.05) is 31.6 Å². The summed E-state index contributed by atoms with van der Waals surface area (Å²) in [4.78, 5) is 19.4. The van der Waals surface area contributed by atoms with Gasteiger partial charge in [-0.15, -0.1) is 0 Å². The van der Waals surface area contributed by atoms with Gasteiger partial charge in [0.15, 0.2) is 0 Å². The van der Waals surface area contributed by atoms with Crippen molar-refractivity contribution < 1.29 is 9.90 Å². The van der Waals surface area contributed by atoms with E-state index >= 15 is 0 Å². The molecule has 0 atom stereocenters. The summed E-state index contributed by atoms with van der Waals surface area (Å²) in [7, 11) is 0. The van der Waals surface area contributed by atoms with Gasteiger partial charge in [0.05, 0.1) is 0 Å². The average Bonchev–Trinajstić information content (AvgIpc) is 2.72. The van der Waals surface area contributed by atoms with Crippen LogP contribution in [0.2, 0.25) is 0 Å². The van der Waals surface area contributed by atoms with Crippen LogP contribution < -0.4 is 4.90 Å². The molecule has 1 saturated heterocycles. The quantitative estimate of drug-likeness (QED) is 0.803. The standard InChI is InChI=1S/C15H16BrN3O2/c16-13-10-11-4-1-2-5-12(11)14(17-13)18-6-3-7-19(9-8-18)15(20)21/h1-2,4-5,10H,3,6-9H2,(H,20,21). The highest BCUT2D eigenvalue weighted by molar-refractivity contribution is 9.10. The molecule has 1 aliphatic heterocycles. The van der Waals surface area contributed by atoms with Crippen LogP contribution in [0.4, 0.5) is 10.6 Å². The fourth-order valence-electron chi connectivity index (χ4n) is 2.71. The molecule has 1 aromatic heterocycles. The van der Waals surface area contributed by atoms with Gasteiger partial charge >= 0.3 is 6.09 Å². The molecule has 1 N–H and O–H groups in total. The average molecular weight is 350 g/mol. The van der Waals surface area contributed by atoms with E-state index in [9.17, 15) is 4.79 Å². The zero-order valence-corrected chi connectivity index (χ0v) is 13.1. The van der Waals surface area contributed by atoms with Crippen LogP contribution in [0.5, 0.6) is 0 Å².